The minimum atomic E-state index is -0.849. The number of thiocarbonyl (C=S) groups is 1. The van der Waals surface area contributed by atoms with Crippen LogP contribution in [0.4, 0.5) is 4.39 Å². The largest absolute Gasteiger partial charge is 0.421 e. The fourth-order valence-corrected chi connectivity index (χ4v) is 3.91. The molecule has 0 spiro atoms. The molecule has 0 saturated carbocycles. The third-order valence-electron chi connectivity index (χ3n) is 3.74. The van der Waals surface area contributed by atoms with Gasteiger partial charge in [0.15, 0.2) is 0 Å². The van der Waals surface area contributed by atoms with Crippen molar-refractivity contribution in [2.24, 2.45) is 0 Å². The van der Waals surface area contributed by atoms with Crippen molar-refractivity contribution in [1.82, 2.24) is 4.90 Å². The number of hydrogen-bond donors (Lipinski definition) is 0. The number of hydrogen-bond acceptors (Lipinski definition) is 5. The third-order valence-corrected chi connectivity index (χ3v) is 5.41. The van der Waals surface area contributed by atoms with Crippen LogP contribution in [0.5, 0.6) is 5.75 Å². The van der Waals surface area contributed by atoms with E-state index in [0.29, 0.717) is 21.3 Å². The molecule has 0 aromatic heterocycles. The van der Waals surface area contributed by atoms with Crippen LogP contribution in [0.15, 0.2) is 60.0 Å². The smallest absolute Gasteiger partial charge is 0.346 e. The summed E-state index contributed by atoms with van der Waals surface area (Å²) in [6, 6.07) is 10.2. The summed E-state index contributed by atoms with van der Waals surface area (Å²) in [7, 11) is 0. The Morgan fingerprint density at radius 3 is 2.75 bits per heavy atom. The van der Waals surface area contributed by atoms with E-state index < -0.39 is 11.8 Å². The van der Waals surface area contributed by atoms with Crippen molar-refractivity contribution in [3.63, 3.8) is 0 Å². The second kappa shape index (κ2) is 8.68. The highest BCUT2D eigenvalue weighted by Crippen LogP contribution is 2.34. The predicted octanol–water partition coefficient (Wildman–Crippen LogP) is 5.09. The number of benzene rings is 2. The first kappa shape index (κ1) is 20.3. The lowest BCUT2D eigenvalue weighted by atomic mass is 10.2. The van der Waals surface area contributed by atoms with E-state index in [0.717, 1.165) is 0 Å². The monoisotopic (exact) mass is 433 g/mol. The average Bonchev–Trinajstić information content (AvgIpc) is 2.92. The van der Waals surface area contributed by atoms with E-state index in [9.17, 15) is 14.0 Å². The summed E-state index contributed by atoms with van der Waals surface area (Å²) in [5, 5.41) is 0.153. The Morgan fingerprint density at radius 2 is 2.07 bits per heavy atom. The summed E-state index contributed by atoms with van der Waals surface area (Å²) in [5.74, 6) is -1.65. The number of esters is 1. The minimum absolute atomic E-state index is 0.0891. The standard InChI is InChI=1S/C20H13ClFNO3S2/c1-2-9-23-18(24)17(28-20(23)27)11-12-7-8-16(14(21)10-12)26-19(25)13-5-3-4-6-15(13)22/h2-8,10-11H,1,9H2. The van der Waals surface area contributed by atoms with Gasteiger partial charge in [0.2, 0.25) is 0 Å². The number of halogens is 2. The molecule has 0 unspecified atom stereocenters. The van der Waals surface area contributed by atoms with Crippen LogP contribution in [0.25, 0.3) is 6.08 Å². The van der Waals surface area contributed by atoms with Crippen LogP contribution >= 0.6 is 35.6 Å². The second-order valence-electron chi connectivity index (χ2n) is 5.64. The molecular weight excluding hydrogens is 421 g/mol. The molecule has 1 saturated heterocycles. The Labute approximate surface area is 175 Å². The van der Waals surface area contributed by atoms with Gasteiger partial charge in [-0.2, -0.15) is 0 Å². The number of carbonyl (C=O) groups is 2. The van der Waals surface area contributed by atoms with Gasteiger partial charge in [0.05, 0.1) is 15.5 Å². The van der Waals surface area contributed by atoms with Crippen LogP contribution in [-0.2, 0) is 4.79 Å². The normalized spacial score (nSPS) is 15.2. The van der Waals surface area contributed by atoms with Crippen LogP contribution in [0.3, 0.4) is 0 Å². The van der Waals surface area contributed by atoms with Gasteiger partial charge in [0, 0.05) is 6.54 Å². The topological polar surface area (TPSA) is 46.6 Å². The van der Waals surface area contributed by atoms with E-state index in [2.05, 4.69) is 6.58 Å². The molecule has 0 N–H and O–H groups in total. The lowest BCUT2D eigenvalue weighted by Gasteiger charge is -2.10. The molecule has 4 nitrogen and oxygen atoms in total. The van der Waals surface area contributed by atoms with Gasteiger partial charge in [-0.3, -0.25) is 9.69 Å². The first-order valence-electron chi connectivity index (χ1n) is 8.03. The summed E-state index contributed by atoms with van der Waals surface area (Å²) in [5.41, 5.74) is 0.448. The zero-order valence-electron chi connectivity index (χ0n) is 14.4. The molecule has 142 valence electrons. The average molecular weight is 434 g/mol. The Kier molecular flexibility index (Phi) is 6.28. The number of ether oxygens (including phenoxy) is 1. The van der Waals surface area contributed by atoms with Crippen molar-refractivity contribution in [1.29, 1.82) is 0 Å². The van der Waals surface area contributed by atoms with Crippen molar-refractivity contribution < 1.29 is 18.7 Å². The van der Waals surface area contributed by atoms with Crippen LogP contribution in [0.1, 0.15) is 15.9 Å². The van der Waals surface area contributed by atoms with Crippen LogP contribution in [0.2, 0.25) is 5.02 Å². The number of amides is 1. The lowest BCUT2D eigenvalue weighted by Crippen LogP contribution is -2.27. The first-order valence-corrected chi connectivity index (χ1v) is 9.63. The highest BCUT2D eigenvalue weighted by atomic mass is 35.5. The molecule has 8 heteroatoms. The molecule has 2 aromatic carbocycles. The molecule has 1 aliphatic heterocycles. The van der Waals surface area contributed by atoms with Crippen LogP contribution in [0, 0.1) is 5.82 Å². The van der Waals surface area contributed by atoms with Gasteiger partial charge >= 0.3 is 5.97 Å². The van der Waals surface area contributed by atoms with E-state index in [4.69, 9.17) is 28.6 Å². The van der Waals surface area contributed by atoms with E-state index >= 15 is 0 Å². The molecule has 28 heavy (non-hydrogen) atoms. The molecule has 2 aromatic rings. The van der Waals surface area contributed by atoms with Crippen molar-refractivity contribution in [2.45, 2.75) is 0 Å². The van der Waals surface area contributed by atoms with Crippen molar-refractivity contribution in [3.8, 4) is 5.75 Å². The van der Waals surface area contributed by atoms with Crippen molar-refractivity contribution in [2.75, 3.05) is 6.54 Å². The van der Waals surface area contributed by atoms with Crippen LogP contribution in [-0.4, -0.2) is 27.6 Å². The van der Waals surface area contributed by atoms with Crippen molar-refractivity contribution in [3.05, 3.63) is 82.0 Å². The molecule has 1 fully saturated rings. The number of nitrogens with zero attached hydrogens (tertiary/aromatic N) is 1. The Bertz CT molecular complexity index is 1020. The van der Waals surface area contributed by atoms with Gasteiger partial charge in [-0.25, -0.2) is 9.18 Å². The number of rotatable bonds is 5. The van der Waals surface area contributed by atoms with E-state index in [-0.39, 0.29) is 22.2 Å². The van der Waals surface area contributed by atoms with Gasteiger partial charge in [0.25, 0.3) is 5.91 Å². The summed E-state index contributed by atoms with van der Waals surface area (Å²) in [6.45, 7) is 3.95. The molecule has 0 bridgehead atoms. The minimum Gasteiger partial charge on any atom is -0.421 e. The molecule has 0 aliphatic carbocycles. The quantitative estimate of drug-likeness (QED) is 0.216. The third kappa shape index (κ3) is 4.32. The van der Waals surface area contributed by atoms with E-state index in [1.807, 2.05) is 0 Å². The first-order chi connectivity index (χ1) is 13.4. The molecule has 0 radical (unpaired) electrons. The van der Waals surface area contributed by atoms with Crippen molar-refractivity contribution >= 4 is 57.9 Å². The number of carbonyl (C=O) groups excluding carboxylic acids is 2. The fraction of sp³-hybridized carbons (Fsp3) is 0.0500. The molecule has 1 amide bonds. The summed E-state index contributed by atoms with van der Waals surface area (Å²) < 4.78 is 19.3. The van der Waals surface area contributed by atoms with Gasteiger partial charge in [-0.05, 0) is 35.9 Å². The summed E-state index contributed by atoms with van der Waals surface area (Å²) in [4.78, 5) is 26.4. The maximum Gasteiger partial charge on any atom is 0.346 e. The second-order valence-corrected chi connectivity index (χ2v) is 7.72. The lowest BCUT2D eigenvalue weighted by molar-refractivity contribution is -0.121. The van der Waals surface area contributed by atoms with E-state index in [1.165, 1.54) is 47.0 Å². The Hall–Kier alpha value is -2.48. The van der Waals surface area contributed by atoms with E-state index in [1.54, 1.807) is 24.3 Å². The Balaban J connectivity index is 1.79. The highest BCUT2D eigenvalue weighted by Gasteiger charge is 2.31. The SMILES string of the molecule is C=CCN1C(=O)C(=Cc2ccc(OC(=O)c3ccccc3F)c(Cl)c2)SC1=S. The fourth-order valence-electron chi connectivity index (χ4n) is 2.41. The maximum absolute atomic E-state index is 13.7. The number of thioether (sulfide) groups is 1. The highest BCUT2D eigenvalue weighted by molar-refractivity contribution is 8.26. The summed E-state index contributed by atoms with van der Waals surface area (Å²) >= 11 is 12.6. The zero-order chi connectivity index (χ0) is 20.3. The Morgan fingerprint density at radius 1 is 1.32 bits per heavy atom. The van der Waals surface area contributed by atoms with Crippen LogP contribution < -0.4 is 4.74 Å². The zero-order valence-corrected chi connectivity index (χ0v) is 16.7. The maximum atomic E-state index is 13.7. The molecule has 1 aliphatic rings. The molecule has 0 atom stereocenters. The predicted molar refractivity (Wildman–Crippen MR) is 113 cm³/mol. The van der Waals surface area contributed by atoms with Gasteiger partial charge in [-0.1, -0.05) is 59.9 Å². The van der Waals surface area contributed by atoms with Gasteiger partial charge < -0.3 is 4.74 Å². The molecule has 3 rings (SSSR count). The molecular formula is C20H13ClFNO3S2. The van der Waals surface area contributed by atoms with Gasteiger partial charge in [-0.15, -0.1) is 6.58 Å². The van der Waals surface area contributed by atoms with Gasteiger partial charge in [0.1, 0.15) is 15.9 Å². The summed E-state index contributed by atoms with van der Waals surface area (Å²) in [6.07, 6.45) is 3.25. The molecule has 1 heterocycles.